The maximum absolute atomic E-state index is 12.1. The van der Waals surface area contributed by atoms with Gasteiger partial charge in [0.1, 0.15) is 6.26 Å². The van der Waals surface area contributed by atoms with Crippen molar-refractivity contribution in [2.45, 2.75) is 25.3 Å². The molecule has 1 atom stereocenters. The third-order valence-electron chi connectivity index (χ3n) is 3.90. The standard InChI is InChI=1S/C16H20N4O2/c17-13-6-2-1-4-11(13)9-19-15(21)14-10-22-16(20-14)12-5-3-7-18-8-12/h1-2,4,6,10,12,18H,3,5,7-9,17H2,(H,19,21). The number of hydrogen-bond donors (Lipinski definition) is 3. The first-order chi connectivity index (χ1) is 10.7. The van der Waals surface area contributed by atoms with Gasteiger partial charge in [0.15, 0.2) is 11.6 Å². The second-order valence-electron chi connectivity index (χ2n) is 5.50. The highest BCUT2D eigenvalue weighted by Gasteiger charge is 2.21. The van der Waals surface area contributed by atoms with Crippen LogP contribution in [0.4, 0.5) is 5.69 Å². The van der Waals surface area contributed by atoms with Crippen molar-refractivity contribution in [2.24, 2.45) is 0 Å². The molecule has 4 N–H and O–H groups in total. The monoisotopic (exact) mass is 300 g/mol. The Morgan fingerprint density at radius 2 is 2.32 bits per heavy atom. The topological polar surface area (TPSA) is 93.2 Å². The number of anilines is 1. The van der Waals surface area contributed by atoms with Crippen molar-refractivity contribution in [2.75, 3.05) is 18.8 Å². The number of carbonyl (C=O) groups is 1. The molecule has 3 rings (SSSR count). The Hall–Kier alpha value is -2.34. The molecular weight excluding hydrogens is 280 g/mol. The number of aromatic nitrogens is 1. The van der Waals surface area contributed by atoms with Crippen molar-refractivity contribution in [3.63, 3.8) is 0 Å². The molecule has 1 aromatic heterocycles. The molecule has 1 aromatic carbocycles. The van der Waals surface area contributed by atoms with E-state index in [1.54, 1.807) is 0 Å². The van der Waals surface area contributed by atoms with Crippen LogP contribution in [0.1, 0.15) is 40.7 Å². The molecular formula is C16H20N4O2. The number of amides is 1. The summed E-state index contributed by atoms with van der Waals surface area (Å²) >= 11 is 0. The van der Waals surface area contributed by atoms with E-state index in [1.807, 2.05) is 24.3 Å². The summed E-state index contributed by atoms with van der Waals surface area (Å²) in [5, 5.41) is 6.13. The highest BCUT2D eigenvalue weighted by molar-refractivity contribution is 5.91. The molecule has 1 saturated heterocycles. The van der Waals surface area contributed by atoms with Crippen LogP contribution >= 0.6 is 0 Å². The van der Waals surface area contributed by atoms with Crippen LogP contribution in [0.3, 0.4) is 0 Å². The van der Waals surface area contributed by atoms with Gasteiger partial charge in [-0.3, -0.25) is 4.79 Å². The van der Waals surface area contributed by atoms with Gasteiger partial charge in [-0.25, -0.2) is 4.98 Å². The molecule has 1 aliphatic heterocycles. The summed E-state index contributed by atoms with van der Waals surface area (Å²) in [6, 6.07) is 7.45. The number of nitrogens with zero attached hydrogens (tertiary/aromatic N) is 1. The van der Waals surface area contributed by atoms with E-state index in [2.05, 4.69) is 15.6 Å². The lowest BCUT2D eigenvalue weighted by molar-refractivity contribution is 0.0946. The Balaban J connectivity index is 1.61. The second kappa shape index (κ2) is 6.62. The SMILES string of the molecule is Nc1ccccc1CNC(=O)c1coc(C2CCCNC2)n1. The minimum Gasteiger partial charge on any atom is -0.448 e. The minimum absolute atomic E-state index is 0.248. The number of carbonyl (C=O) groups excluding carboxylic acids is 1. The fraction of sp³-hybridized carbons (Fsp3) is 0.375. The van der Waals surface area contributed by atoms with E-state index in [1.165, 1.54) is 6.26 Å². The van der Waals surface area contributed by atoms with Crippen molar-refractivity contribution in [1.29, 1.82) is 0 Å². The number of oxazole rings is 1. The van der Waals surface area contributed by atoms with E-state index in [0.29, 0.717) is 23.8 Å². The number of piperidine rings is 1. The van der Waals surface area contributed by atoms with Crippen LogP contribution in [-0.2, 0) is 6.54 Å². The van der Waals surface area contributed by atoms with Crippen molar-refractivity contribution >= 4 is 11.6 Å². The van der Waals surface area contributed by atoms with Crippen LogP contribution in [-0.4, -0.2) is 24.0 Å². The quantitative estimate of drug-likeness (QED) is 0.747. The molecule has 0 saturated carbocycles. The second-order valence-corrected chi connectivity index (χ2v) is 5.50. The maximum atomic E-state index is 12.1. The van der Waals surface area contributed by atoms with Gasteiger partial charge < -0.3 is 20.8 Å². The van der Waals surface area contributed by atoms with Gasteiger partial charge in [-0.2, -0.15) is 0 Å². The molecule has 6 nitrogen and oxygen atoms in total. The van der Waals surface area contributed by atoms with Gasteiger partial charge in [0.25, 0.3) is 5.91 Å². The molecule has 6 heteroatoms. The van der Waals surface area contributed by atoms with Crippen molar-refractivity contribution in [3.05, 3.63) is 47.7 Å². The van der Waals surface area contributed by atoms with Crippen LogP contribution in [0.25, 0.3) is 0 Å². The van der Waals surface area contributed by atoms with Gasteiger partial charge >= 0.3 is 0 Å². The van der Waals surface area contributed by atoms with Crippen LogP contribution < -0.4 is 16.4 Å². The molecule has 1 aliphatic rings. The molecule has 1 amide bonds. The summed E-state index contributed by atoms with van der Waals surface area (Å²) in [6.07, 6.45) is 3.56. The summed E-state index contributed by atoms with van der Waals surface area (Å²) in [4.78, 5) is 16.5. The van der Waals surface area contributed by atoms with Gasteiger partial charge in [0.2, 0.25) is 0 Å². The van der Waals surface area contributed by atoms with Gasteiger partial charge in [-0.05, 0) is 31.0 Å². The maximum Gasteiger partial charge on any atom is 0.273 e. The van der Waals surface area contributed by atoms with Crippen molar-refractivity contribution < 1.29 is 9.21 Å². The van der Waals surface area contributed by atoms with E-state index in [9.17, 15) is 4.79 Å². The number of para-hydroxylation sites is 1. The number of rotatable bonds is 4. The summed E-state index contributed by atoms with van der Waals surface area (Å²) < 4.78 is 5.46. The van der Waals surface area contributed by atoms with Crippen molar-refractivity contribution in [3.8, 4) is 0 Å². The molecule has 22 heavy (non-hydrogen) atoms. The van der Waals surface area contributed by atoms with Gasteiger partial charge in [-0.1, -0.05) is 18.2 Å². The largest absolute Gasteiger partial charge is 0.448 e. The lowest BCUT2D eigenvalue weighted by atomic mass is 10.00. The molecule has 1 unspecified atom stereocenters. The zero-order chi connectivity index (χ0) is 15.4. The highest BCUT2D eigenvalue weighted by atomic mass is 16.3. The molecule has 0 spiro atoms. The molecule has 116 valence electrons. The number of benzene rings is 1. The lowest BCUT2D eigenvalue weighted by Crippen LogP contribution is -2.28. The molecule has 0 aliphatic carbocycles. The Morgan fingerprint density at radius 3 is 3.09 bits per heavy atom. The zero-order valence-corrected chi connectivity index (χ0v) is 12.3. The number of nitrogen functional groups attached to an aromatic ring is 1. The van der Waals surface area contributed by atoms with Gasteiger partial charge in [-0.15, -0.1) is 0 Å². The molecule has 2 aromatic rings. The van der Waals surface area contributed by atoms with Crippen LogP contribution in [0, 0.1) is 0 Å². The van der Waals surface area contributed by atoms with Gasteiger partial charge in [0.05, 0.1) is 0 Å². The van der Waals surface area contributed by atoms with E-state index >= 15 is 0 Å². The summed E-state index contributed by atoms with van der Waals surface area (Å²) in [5.41, 5.74) is 7.72. The van der Waals surface area contributed by atoms with E-state index in [-0.39, 0.29) is 11.8 Å². The minimum atomic E-state index is -0.248. The highest BCUT2D eigenvalue weighted by Crippen LogP contribution is 2.22. The first-order valence-corrected chi connectivity index (χ1v) is 7.52. The third kappa shape index (κ3) is 3.28. The number of hydrogen-bond acceptors (Lipinski definition) is 5. The zero-order valence-electron chi connectivity index (χ0n) is 12.3. The summed E-state index contributed by atoms with van der Waals surface area (Å²) in [6.45, 7) is 2.25. The average molecular weight is 300 g/mol. The van der Waals surface area contributed by atoms with E-state index in [0.717, 1.165) is 31.5 Å². The fourth-order valence-electron chi connectivity index (χ4n) is 2.60. The van der Waals surface area contributed by atoms with Crippen LogP contribution in [0.15, 0.2) is 34.9 Å². The summed E-state index contributed by atoms with van der Waals surface area (Å²) in [7, 11) is 0. The first kappa shape index (κ1) is 14.6. The number of nitrogens with two attached hydrogens (primary N) is 1. The smallest absolute Gasteiger partial charge is 0.273 e. The lowest BCUT2D eigenvalue weighted by Gasteiger charge is -2.19. The molecule has 1 fully saturated rings. The summed E-state index contributed by atoms with van der Waals surface area (Å²) in [5.74, 6) is 0.638. The third-order valence-corrected chi connectivity index (χ3v) is 3.90. The molecule has 0 radical (unpaired) electrons. The molecule has 2 heterocycles. The fourth-order valence-corrected chi connectivity index (χ4v) is 2.60. The normalized spacial score (nSPS) is 18.1. The van der Waals surface area contributed by atoms with Crippen LogP contribution in [0.5, 0.6) is 0 Å². The Bertz CT molecular complexity index is 647. The van der Waals surface area contributed by atoms with E-state index < -0.39 is 0 Å². The Labute approximate surface area is 129 Å². The van der Waals surface area contributed by atoms with E-state index in [4.69, 9.17) is 10.2 Å². The predicted octanol–water partition coefficient (Wildman–Crippen LogP) is 1.65. The predicted molar refractivity (Wildman–Crippen MR) is 83.4 cm³/mol. The average Bonchev–Trinajstić information content (AvgIpc) is 3.05. The van der Waals surface area contributed by atoms with Gasteiger partial charge in [0, 0.05) is 24.7 Å². The molecule has 0 bridgehead atoms. The Kier molecular flexibility index (Phi) is 4.39. The van der Waals surface area contributed by atoms with Crippen LogP contribution in [0.2, 0.25) is 0 Å². The first-order valence-electron chi connectivity index (χ1n) is 7.52. The van der Waals surface area contributed by atoms with Crippen molar-refractivity contribution in [1.82, 2.24) is 15.6 Å². The number of nitrogens with one attached hydrogen (secondary N) is 2. The Morgan fingerprint density at radius 1 is 1.45 bits per heavy atom.